The molecule has 0 saturated heterocycles. The molecule has 2 aromatic carbocycles. The molecule has 5 nitrogen and oxygen atoms in total. The molecule has 5 heteroatoms. The lowest BCUT2D eigenvalue weighted by Crippen LogP contribution is -2.30. The van der Waals surface area contributed by atoms with Crippen LogP contribution < -0.4 is 4.90 Å². The molecule has 1 amide bonds. The quantitative estimate of drug-likeness (QED) is 0.675. The highest BCUT2D eigenvalue weighted by Gasteiger charge is 2.38. The SMILES string of the molecule is O=C1C(=O)n2c(nc3ccccc32)N1Cc1ccccc1. The Morgan fingerprint density at radius 1 is 0.857 bits per heavy atom. The van der Waals surface area contributed by atoms with E-state index in [9.17, 15) is 9.59 Å². The molecule has 1 aliphatic rings. The van der Waals surface area contributed by atoms with Gasteiger partial charge in [-0.2, -0.15) is 0 Å². The smallest absolute Gasteiger partial charge is 0.269 e. The first-order valence-corrected chi connectivity index (χ1v) is 6.63. The molecule has 0 unspecified atom stereocenters. The number of benzene rings is 2. The van der Waals surface area contributed by atoms with Crippen LogP contribution in [-0.4, -0.2) is 21.4 Å². The number of fused-ring (bicyclic) bond motifs is 3. The second kappa shape index (κ2) is 4.28. The number of amides is 1. The number of hydrogen-bond donors (Lipinski definition) is 0. The highest BCUT2D eigenvalue weighted by atomic mass is 16.2. The summed E-state index contributed by atoms with van der Waals surface area (Å²) in [6.45, 7) is 0.342. The third kappa shape index (κ3) is 1.67. The van der Waals surface area contributed by atoms with E-state index in [-0.39, 0.29) is 0 Å². The molecule has 0 saturated carbocycles. The second-order valence-corrected chi connectivity index (χ2v) is 4.92. The highest BCUT2D eigenvalue weighted by molar-refractivity contribution is 6.45. The predicted octanol–water partition coefficient (Wildman–Crippen LogP) is 2.22. The van der Waals surface area contributed by atoms with Crippen molar-refractivity contribution in [3.63, 3.8) is 0 Å². The van der Waals surface area contributed by atoms with Gasteiger partial charge in [0.25, 0.3) is 0 Å². The van der Waals surface area contributed by atoms with Gasteiger partial charge in [-0.1, -0.05) is 42.5 Å². The zero-order chi connectivity index (χ0) is 14.4. The molecule has 3 aromatic rings. The lowest BCUT2D eigenvalue weighted by atomic mass is 10.2. The third-order valence-corrected chi connectivity index (χ3v) is 3.60. The number of imidazole rings is 1. The van der Waals surface area contributed by atoms with Crippen molar-refractivity contribution in [3.8, 4) is 0 Å². The molecule has 0 N–H and O–H groups in total. The summed E-state index contributed by atoms with van der Waals surface area (Å²) in [5.74, 6) is -0.684. The van der Waals surface area contributed by atoms with E-state index in [1.807, 2.05) is 48.5 Å². The van der Waals surface area contributed by atoms with E-state index in [1.165, 1.54) is 9.47 Å². The molecule has 4 rings (SSSR count). The van der Waals surface area contributed by atoms with Crippen LogP contribution in [0.2, 0.25) is 0 Å². The highest BCUT2D eigenvalue weighted by Crippen LogP contribution is 2.28. The van der Waals surface area contributed by atoms with Gasteiger partial charge in [-0.05, 0) is 17.7 Å². The monoisotopic (exact) mass is 277 g/mol. The van der Waals surface area contributed by atoms with Crippen molar-refractivity contribution in [1.29, 1.82) is 0 Å². The van der Waals surface area contributed by atoms with Gasteiger partial charge in [0, 0.05) is 0 Å². The summed E-state index contributed by atoms with van der Waals surface area (Å²) in [5.41, 5.74) is 2.34. The van der Waals surface area contributed by atoms with Gasteiger partial charge in [0.2, 0.25) is 5.95 Å². The van der Waals surface area contributed by atoms with E-state index >= 15 is 0 Å². The van der Waals surface area contributed by atoms with Gasteiger partial charge >= 0.3 is 11.8 Å². The average Bonchev–Trinajstić information content (AvgIpc) is 3.00. The zero-order valence-corrected chi connectivity index (χ0v) is 11.1. The van der Waals surface area contributed by atoms with Crippen molar-refractivity contribution < 1.29 is 9.59 Å². The Labute approximate surface area is 120 Å². The molecule has 102 valence electrons. The molecule has 0 aliphatic carbocycles. The normalized spacial score (nSPS) is 14.0. The van der Waals surface area contributed by atoms with Crippen LogP contribution in [0.1, 0.15) is 10.4 Å². The number of anilines is 1. The minimum Gasteiger partial charge on any atom is -0.269 e. The maximum absolute atomic E-state index is 12.2. The van der Waals surface area contributed by atoms with Gasteiger partial charge in [-0.3, -0.25) is 14.5 Å². The third-order valence-electron chi connectivity index (χ3n) is 3.60. The number of hydrogen-bond acceptors (Lipinski definition) is 3. The predicted molar refractivity (Wildman–Crippen MR) is 78.0 cm³/mol. The Balaban J connectivity index is 1.84. The maximum Gasteiger partial charge on any atom is 0.323 e. The second-order valence-electron chi connectivity index (χ2n) is 4.92. The molecule has 0 spiro atoms. The molecule has 1 aliphatic heterocycles. The zero-order valence-electron chi connectivity index (χ0n) is 11.1. The number of aromatic nitrogens is 2. The minimum absolute atomic E-state index is 0.342. The molecular formula is C16H11N3O2. The van der Waals surface area contributed by atoms with E-state index in [2.05, 4.69) is 4.98 Å². The van der Waals surface area contributed by atoms with Gasteiger partial charge in [0.05, 0.1) is 17.6 Å². The molecule has 2 heterocycles. The summed E-state index contributed by atoms with van der Waals surface area (Å²) < 4.78 is 1.39. The summed E-state index contributed by atoms with van der Waals surface area (Å²) in [5, 5.41) is 0. The lowest BCUT2D eigenvalue weighted by molar-refractivity contribution is -0.114. The van der Waals surface area contributed by atoms with Crippen molar-refractivity contribution in [3.05, 3.63) is 60.2 Å². The average molecular weight is 277 g/mol. The summed E-state index contributed by atoms with van der Waals surface area (Å²) >= 11 is 0. The van der Waals surface area contributed by atoms with Crippen LogP contribution in [-0.2, 0) is 11.3 Å². The van der Waals surface area contributed by atoms with E-state index < -0.39 is 11.8 Å². The number of rotatable bonds is 2. The Hall–Kier alpha value is -2.95. The Morgan fingerprint density at radius 3 is 2.38 bits per heavy atom. The fourth-order valence-corrected chi connectivity index (χ4v) is 2.60. The minimum atomic E-state index is -0.547. The van der Waals surface area contributed by atoms with Crippen molar-refractivity contribution in [2.45, 2.75) is 6.54 Å². The van der Waals surface area contributed by atoms with Gasteiger partial charge in [0.1, 0.15) is 0 Å². The summed E-state index contributed by atoms with van der Waals surface area (Å²) in [7, 11) is 0. The van der Waals surface area contributed by atoms with Gasteiger partial charge in [0.15, 0.2) is 0 Å². The van der Waals surface area contributed by atoms with E-state index in [4.69, 9.17) is 0 Å². The topological polar surface area (TPSA) is 55.2 Å². The lowest BCUT2D eigenvalue weighted by Gasteiger charge is -2.12. The van der Waals surface area contributed by atoms with Crippen LogP contribution in [0.3, 0.4) is 0 Å². The van der Waals surface area contributed by atoms with Crippen molar-refractivity contribution >= 4 is 28.8 Å². The molecule has 0 atom stereocenters. The number of para-hydroxylation sites is 2. The van der Waals surface area contributed by atoms with Gasteiger partial charge < -0.3 is 0 Å². The van der Waals surface area contributed by atoms with Gasteiger partial charge in [-0.25, -0.2) is 9.55 Å². The largest absolute Gasteiger partial charge is 0.323 e. The van der Waals surface area contributed by atoms with Crippen molar-refractivity contribution in [2.24, 2.45) is 0 Å². The van der Waals surface area contributed by atoms with E-state index in [0.717, 1.165) is 5.56 Å². The van der Waals surface area contributed by atoms with Crippen LogP contribution >= 0.6 is 0 Å². The van der Waals surface area contributed by atoms with E-state index in [1.54, 1.807) is 6.07 Å². The summed E-state index contributed by atoms with van der Waals surface area (Å²) in [6.07, 6.45) is 0. The Bertz CT molecular complexity index is 868. The standard InChI is InChI=1S/C16H11N3O2/c20-14-15(21)19-13-9-5-4-8-12(13)17-16(19)18(14)10-11-6-2-1-3-7-11/h1-9H,10H2. The molecule has 1 aromatic heterocycles. The number of nitrogens with zero attached hydrogens (tertiary/aromatic N) is 3. The number of carbonyl (C=O) groups is 2. The fraction of sp³-hybridized carbons (Fsp3) is 0.0625. The first-order valence-electron chi connectivity index (χ1n) is 6.63. The van der Waals surface area contributed by atoms with Crippen molar-refractivity contribution in [2.75, 3.05) is 4.90 Å². The first kappa shape index (κ1) is 11.8. The van der Waals surface area contributed by atoms with Crippen LogP contribution in [0.25, 0.3) is 11.0 Å². The number of carbonyl (C=O) groups excluding carboxylic acids is 2. The van der Waals surface area contributed by atoms with Crippen LogP contribution in [0.15, 0.2) is 54.6 Å². The molecule has 0 bridgehead atoms. The van der Waals surface area contributed by atoms with Crippen LogP contribution in [0.4, 0.5) is 5.95 Å². The maximum atomic E-state index is 12.2. The molecule has 21 heavy (non-hydrogen) atoms. The van der Waals surface area contributed by atoms with Crippen molar-refractivity contribution in [1.82, 2.24) is 9.55 Å². The molecule has 0 radical (unpaired) electrons. The Kier molecular flexibility index (Phi) is 2.41. The summed E-state index contributed by atoms with van der Waals surface area (Å²) in [4.78, 5) is 30.2. The summed E-state index contributed by atoms with van der Waals surface area (Å²) in [6, 6.07) is 16.9. The fourth-order valence-electron chi connectivity index (χ4n) is 2.60. The first-order chi connectivity index (χ1) is 10.3. The van der Waals surface area contributed by atoms with Gasteiger partial charge in [-0.15, -0.1) is 0 Å². The van der Waals surface area contributed by atoms with E-state index in [0.29, 0.717) is 23.5 Å². The van der Waals surface area contributed by atoms with Crippen LogP contribution in [0, 0.1) is 0 Å². The Morgan fingerprint density at radius 2 is 1.57 bits per heavy atom. The molecule has 0 fully saturated rings. The molecular weight excluding hydrogens is 266 g/mol. The van der Waals surface area contributed by atoms with Crippen LogP contribution in [0.5, 0.6) is 0 Å².